The quantitative estimate of drug-likeness (QED) is 0.298. The summed E-state index contributed by atoms with van der Waals surface area (Å²) in [7, 11) is 0. The maximum atomic E-state index is 13.1. The molecule has 5 nitrogen and oxygen atoms in total. The fourth-order valence-corrected chi connectivity index (χ4v) is 3.76. The van der Waals surface area contributed by atoms with Crippen LogP contribution in [-0.4, -0.2) is 22.2 Å². The summed E-state index contributed by atoms with van der Waals surface area (Å²) in [6.45, 7) is 0. The minimum atomic E-state index is -0.350. The van der Waals surface area contributed by atoms with Gasteiger partial charge >= 0.3 is 0 Å². The highest BCUT2D eigenvalue weighted by atomic mass is 16.3. The number of aromatic hydroxyl groups is 1. The van der Waals surface area contributed by atoms with Crippen molar-refractivity contribution in [3.63, 3.8) is 0 Å². The van der Waals surface area contributed by atoms with Gasteiger partial charge in [-0.2, -0.15) is 5.10 Å². The lowest BCUT2D eigenvalue weighted by Gasteiger charge is -2.09. The molecular formula is C27H19N3O2. The lowest BCUT2D eigenvalue weighted by molar-refractivity contribution is 0.0956. The van der Waals surface area contributed by atoms with Crippen molar-refractivity contribution in [2.45, 2.75) is 0 Å². The van der Waals surface area contributed by atoms with Gasteiger partial charge in [0.15, 0.2) is 0 Å². The summed E-state index contributed by atoms with van der Waals surface area (Å²) in [5, 5.41) is 17.0. The Morgan fingerprint density at radius 1 is 0.844 bits per heavy atom. The molecule has 5 aromatic rings. The molecule has 0 aliphatic carbocycles. The first kappa shape index (κ1) is 19.5. The second-order valence-electron chi connectivity index (χ2n) is 7.36. The van der Waals surface area contributed by atoms with E-state index in [0.717, 1.165) is 27.2 Å². The summed E-state index contributed by atoms with van der Waals surface area (Å²) in [6.07, 6.45) is 1.47. The predicted molar refractivity (Wildman–Crippen MR) is 128 cm³/mol. The summed E-state index contributed by atoms with van der Waals surface area (Å²) in [5.41, 5.74) is 6.00. The molecule has 0 unspecified atom stereocenters. The molecule has 1 heterocycles. The zero-order valence-corrected chi connectivity index (χ0v) is 17.1. The van der Waals surface area contributed by atoms with Crippen LogP contribution in [0.25, 0.3) is 32.9 Å². The molecular weight excluding hydrogens is 398 g/mol. The maximum absolute atomic E-state index is 13.1. The SMILES string of the molecule is O=C(N/N=C\c1c(O)ccc2ccccc12)c1cc(-c2ccccc2)nc2ccccc12. The molecule has 32 heavy (non-hydrogen) atoms. The van der Waals surface area contributed by atoms with E-state index in [-0.39, 0.29) is 11.7 Å². The molecule has 5 rings (SSSR count). The predicted octanol–water partition coefficient (Wildman–Crippen LogP) is 5.52. The van der Waals surface area contributed by atoms with Crippen LogP contribution >= 0.6 is 0 Å². The van der Waals surface area contributed by atoms with Crippen molar-refractivity contribution in [2.75, 3.05) is 0 Å². The minimum Gasteiger partial charge on any atom is -0.507 e. The Bertz CT molecular complexity index is 1480. The summed E-state index contributed by atoms with van der Waals surface area (Å²) >= 11 is 0. The molecule has 1 amide bonds. The topological polar surface area (TPSA) is 74.6 Å². The Hall–Kier alpha value is -4.51. The number of amides is 1. The lowest BCUT2D eigenvalue weighted by atomic mass is 10.0. The van der Waals surface area contributed by atoms with Gasteiger partial charge in [-0.15, -0.1) is 0 Å². The van der Waals surface area contributed by atoms with Crippen molar-refractivity contribution in [1.29, 1.82) is 0 Å². The zero-order chi connectivity index (χ0) is 21.9. The van der Waals surface area contributed by atoms with Gasteiger partial charge in [0.25, 0.3) is 5.91 Å². The normalized spacial score (nSPS) is 11.2. The summed E-state index contributed by atoms with van der Waals surface area (Å²) < 4.78 is 0. The van der Waals surface area contributed by atoms with Gasteiger partial charge in [0.2, 0.25) is 0 Å². The van der Waals surface area contributed by atoms with Crippen LogP contribution in [-0.2, 0) is 0 Å². The number of carbonyl (C=O) groups excluding carboxylic acids is 1. The van der Waals surface area contributed by atoms with Crippen molar-refractivity contribution in [1.82, 2.24) is 10.4 Å². The average molecular weight is 417 g/mol. The first-order chi connectivity index (χ1) is 15.7. The highest BCUT2D eigenvalue weighted by Gasteiger charge is 2.13. The molecule has 0 radical (unpaired) electrons. The highest BCUT2D eigenvalue weighted by Crippen LogP contribution is 2.26. The molecule has 1 aromatic heterocycles. The number of phenolic OH excluding ortho intramolecular Hbond substituents is 1. The summed E-state index contributed by atoms with van der Waals surface area (Å²) in [6, 6.07) is 30.2. The van der Waals surface area contributed by atoms with Gasteiger partial charge in [-0.05, 0) is 29.0 Å². The van der Waals surface area contributed by atoms with Crippen LogP contribution in [0.4, 0.5) is 0 Å². The van der Waals surface area contributed by atoms with E-state index in [0.29, 0.717) is 16.8 Å². The van der Waals surface area contributed by atoms with E-state index in [9.17, 15) is 9.90 Å². The molecule has 0 fully saturated rings. The number of hydrazone groups is 1. The van der Waals surface area contributed by atoms with E-state index >= 15 is 0 Å². The van der Waals surface area contributed by atoms with Crippen molar-refractivity contribution in [2.24, 2.45) is 5.10 Å². The van der Waals surface area contributed by atoms with Crippen LogP contribution < -0.4 is 5.43 Å². The second kappa shape index (κ2) is 8.32. The van der Waals surface area contributed by atoms with Crippen LogP contribution in [0.3, 0.4) is 0 Å². The third-order valence-corrected chi connectivity index (χ3v) is 5.34. The number of rotatable bonds is 4. The number of para-hydroxylation sites is 1. The first-order valence-corrected chi connectivity index (χ1v) is 10.2. The molecule has 0 saturated carbocycles. The molecule has 0 saturated heterocycles. The van der Waals surface area contributed by atoms with Crippen LogP contribution in [0, 0.1) is 0 Å². The number of nitrogens with zero attached hydrogens (tertiary/aromatic N) is 2. The van der Waals surface area contributed by atoms with Gasteiger partial charge in [0.05, 0.1) is 23.0 Å². The van der Waals surface area contributed by atoms with Crippen molar-refractivity contribution in [3.8, 4) is 17.0 Å². The monoisotopic (exact) mass is 417 g/mol. The van der Waals surface area contributed by atoms with Crippen LogP contribution in [0.1, 0.15) is 15.9 Å². The number of phenols is 1. The van der Waals surface area contributed by atoms with Crippen LogP contribution in [0.5, 0.6) is 5.75 Å². The molecule has 0 aliphatic rings. The molecule has 154 valence electrons. The number of aromatic nitrogens is 1. The van der Waals surface area contributed by atoms with Gasteiger partial charge in [-0.3, -0.25) is 4.79 Å². The van der Waals surface area contributed by atoms with Crippen LogP contribution in [0.2, 0.25) is 0 Å². The molecule has 0 bridgehead atoms. The molecule has 0 atom stereocenters. The van der Waals surface area contributed by atoms with Crippen molar-refractivity contribution >= 4 is 33.8 Å². The standard InChI is InChI=1S/C27H19N3O2/c31-26-15-14-18-8-4-5-11-20(18)23(26)17-28-30-27(32)22-16-25(19-9-2-1-3-10-19)29-24-13-7-6-12-21(22)24/h1-17,31H,(H,30,32)/b28-17-. The fourth-order valence-electron chi connectivity index (χ4n) is 3.76. The van der Waals surface area contributed by atoms with E-state index in [1.165, 1.54) is 6.21 Å². The molecule has 0 aliphatic heterocycles. The number of hydrogen-bond acceptors (Lipinski definition) is 4. The van der Waals surface area contributed by atoms with Crippen molar-refractivity contribution in [3.05, 3.63) is 108 Å². The highest BCUT2D eigenvalue weighted by molar-refractivity contribution is 6.08. The molecule has 5 heteroatoms. The van der Waals surface area contributed by atoms with E-state index < -0.39 is 0 Å². The number of fused-ring (bicyclic) bond motifs is 2. The summed E-state index contributed by atoms with van der Waals surface area (Å²) in [4.78, 5) is 17.8. The van der Waals surface area contributed by atoms with Gasteiger partial charge in [0.1, 0.15) is 5.75 Å². The third kappa shape index (κ3) is 3.68. The molecule has 4 aromatic carbocycles. The molecule has 2 N–H and O–H groups in total. The van der Waals surface area contributed by atoms with Gasteiger partial charge in [-0.1, -0.05) is 78.9 Å². The Kier molecular flexibility index (Phi) is 5.06. The zero-order valence-electron chi connectivity index (χ0n) is 17.1. The Balaban J connectivity index is 1.50. The fraction of sp³-hybridized carbons (Fsp3) is 0. The number of nitrogens with one attached hydrogen (secondary N) is 1. The Labute approximate surface area is 184 Å². The number of hydrogen-bond donors (Lipinski definition) is 2. The number of carbonyl (C=O) groups is 1. The average Bonchev–Trinajstić information content (AvgIpc) is 2.85. The Morgan fingerprint density at radius 2 is 1.56 bits per heavy atom. The van der Waals surface area contributed by atoms with E-state index in [4.69, 9.17) is 4.98 Å². The van der Waals surface area contributed by atoms with Gasteiger partial charge in [-0.25, -0.2) is 10.4 Å². The van der Waals surface area contributed by atoms with E-state index in [1.807, 2.05) is 84.9 Å². The first-order valence-electron chi connectivity index (χ1n) is 10.2. The largest absolute Gasteiger partial charge is 0.507 e. The number of pyridine rings is 1. The minimum absolute atomic E-state index is 0.0995. The van der Waals surface area contributed by atoms with Gasteiger partial charge in [0, 0.05) is 16.5 Å². The lowest BCUT2D eigenvalue weighted by Crippen LogP contribution is -2.18. The molecule has 0 spiro atoms. The summed E-state index contributed by atoms with van der Waals surface area (Å²) in [5.74, 6) is -0.251. The maximum Gasteiger partial charge on any atom is 0.272 e. The van der Waals surface area contributed by atoms with E-state index in [1.54, 1.807) is 12.1 Å². The van der Waals surface area contributed by atoms with Crippen molar-refractivity contribution < 1.29 is 9.90 Å². The third-order valence-electron chi connectivity index (χ3n) is 5.34. The van der Waals surface area contributed by atoms with Gasteiger partial charge < -0.3 is 5.11 Å². The smallest absolute Gasteiger partial charge is 0.272 e. The van der Waals surface area contributed by atoms with E-state index in [2.05, 4.69) is 10.5 Å². The van der Waals surface area contributed by atoms with Crippen LogP contribution in [0.15, 0.2) is 102 Å². The number of benzene rings is 4. The Morgan fingerprint density at radius 3 is 2.41 bits per heavy atom. The second-order valence-corrected chi connectivity index (χ2v) is 7.36.